The van der Waals surface area contributed by atoms with Crippen molar-refractivity contribution in [3.63, 3.8) is 0 Å². The summed E-state index contributed by atoms with van der Waals surface area (Å²) in [5, 5.41) is 11.1. The van der Waals surface area contributed by atoms with Crippen molar-refractivity contribution in [2.24, 2.45) is 7.05 Å². The third-order valence-corrected chi connectivity index (χ3v) is 6.34. The molecule has 0 aliphatic carbocycles. The molecule has 0 radical (unpaired) electrons. The maximum atomic E-state index is 13.2. The average molecular weight is 487 g/mol. The summed E-state index contributed by atoms with van der Waals surface area (Å²) in [6, 6.07) is 9.10. The van der Waals surface area contributed by atoms with Gasteiger partial charge in [0.1, 0.15) is 25.1 Å². The number of carbonyl (C=O) groups excluding carboxylic acids is 2. The number of amides is 2. The average Bonchev–Trinajstić information content (AvgIpc) is 3.07. The first-order valence-electron chi connectivity index (χ1n) is 10.3. The number of fused-ring (bicyclic) bond motifs is 2. The van der Waals surface area contributed by atoms with E-state index in [4.69, 9.17) is 32.7 Å². The molecule has 2 aliphatic heterocycles. The molecule has 2 aliphatic rings. The second kappa shape index (κ2) is 8.28. The van der Waals surface area contributed by atoms with Gasteiger partial charge in [0.05, 0.1) is 10.7 Å². The predicted molar refractivity (Wildman–Crippen MR) is 124 cm³/mol. The Labute approximate surface area is 199 Å². The Morgan fingerprint density at radius 2 is 1.91 bits per heavy atom. The van der Waals surface area contributed by atoms with Gasteiger partial charge in [-0.25, -0.2) is 0 Å². The zero-order valence-electron chi connectivity index (χ0n) is 17.8. The fourth-order valence-corrected chi connectivity index (χ4v) is 4.75. The summed E-state index contributed by atoms with van der Waals surface area (Å²) in [6.45, 7) is 2.66. The predicted octanol–water partition coefficient (Wildman–Crippen LogP) is 3.69. The summed E-state index contributed by atoms with van der Waals surface area (Å²) in [5.41, 5.74) is 2.62. The third kappa shape index (κ3) is 3.79. The van der Waals surface area contributed by atoms with Crippen LogP contribution >= 0.6 is 23.2 Å². The van der Waals surface area contributed by atoms with Crippen molar-refractivity contribution >= 4 is 40.8 Å². The number of aromatic nitrogens is 2. The Morgan fingerprint density at radius 1 is 1.18 bits per heavy atom. The van der Waals surface area contributed by atoms with E-state index in [-0.39, 0.29) is 5.91 Å². The molecule has 2 amide bonds. The van der Waals surface area contributed by atoms with E-state index in [9.17, 15) is 9.59 Å². The molecular formula is C23H20Cl2N4O4. The fourth-order valence-electron chi connectivity index (χ4n) is 4.35. The molecule has 0 bridgehead atoms. The SMILES string of the molecule is Cc1nn(C)c2c1[C@@H](c1cc(Cl)c3c(c1)OCCO3)[C@H](NC(=O)c1ccc(Cl)cc1)C(=O)N2. The van der Waals surface area contributed by atoms with Gasteiger partial charge in [0.25, 0.3) is 5.91 Å². The molecule has 0 saturated carbocycles. The number of carbonyl (C=O) groups is 2. The number of nitrogens with one attached hydrogen (secondary N) is 2. The molecule has 3 aromatic rings. The molecule has 33 heavy (non-hydrogen) atoms. The summed E-state index contributed by atoms with van der Waals surface area (Å²) in [7, 11) is 1.76. The van der Waals surface area contributed by atoms with Crippen LogP contribution < -0.4 is 20.1 Å². The number of rotatable bonds is 3. The first-order chi connectivity index (χ1) is 15.8. The Morgan fingerprint density at radius 3 is 2.67 bits per heavy atom. The van der Waals surface area contributed by atoms with Crippen LogP contribution in [-0.2, 0) is 11.8 Å². The van der Waals surface area contributed by atoms with Gasteiger partial charge in [-0.05, 0) is 48.9 Å². The smallest absolute Gasteiger partial charge is 0.251 e. The highest BCUT2D eigenvalue weighted by atomic mass is 35.5. The van der Waals surface area contributed by atoms with E-state index in [0.717, 1.165) is 11.3 Å². The molecule has 3 heterocycles. The highest BCUT2D eigenvalue weighted by molar-refractivity contribution is 6.32. The molecule has 2 atom stereocenters. The Kier molecular flexibility index (Phi) is 5.42. The molecule has 5 rings (SSSR count). The van der Waals surface area contributed by atoms with E-state index < -0.39 is 17.9 Å². The second-order valence-corrected chi connectivity index (χ2v) is 8.77. The van der Waals surface area contributed by atoms with Crippen LogP contribution in [0.15, 0.2) is 36.4 Å². The highest BCUT2D eigenvalue weighted by Gasteiger charge is 2.42. The molecular weight excluding hydrogens is 467 g/mol. The van der Waals surface area contributed by atoms with E-state index in [1.54, 1.807) is 48.1 Å². The van der Waals surface area contributed by atoms with Gasteiger partial charge < -0.3 is 20.1 Å². The van der Waals surface area contributed by atoms with Crippen LogP contribution in [0.3, 0.4) is 0 Å². The van der Waals surface area contributed by atoms with Crippen LogP contribution in [0.25, 0.3) is 0 Å². The molecule has 1 aromatic heterocycles. The van der Waals surface area contributed by atoms with Crippen molar-refractivity contribution in [3.8, 4) is 11.5 Å². The number of halogens is 2. The molecule has 0 fully saturated rings. The Balaban J connectivity index is 1.61. The minimum atomic E-state index is -0.915. The van der Waals surface area contributed by atoms with Crippen LogP contribution in [0.1, 0.15) is 33.1 Å². The van der Waals surface area contributed by atoms with Gasteiger partial charge in [-0.1, -0.05) is 23.2 Å². The standard InChI is InChI=1S/C23H20Cl2N4O4/c1-11-17-18(13-9-15(25)20-16(10-13)32-7-8-33-20)19(23(31)27-21(17)29(2)28-11)26-22(30)12-3-5-14(24)6-4-12/h3-6,9-10,18-19H,7-8H2,1-2H3,(H,26,30)(H,27,31)/t18-,19+/m1/s1. The van der Waals surface area contributed by atoms with E-state index in [1.165, 1.54) is 0 Å². The number of anilines is 1. The van der Waals surface area contributed by atoms with E-state index in [2.05, 4.69) is 15.7 Å². The third-order valence-electron chi connectivity index (χ3n) is 5.81. The number of ether oxygens (including phenoxy) is 2. The van der Waals surface area contributed by atoms with Gasteiger partial charge in [0.15, 0.2) is 11.5 Å². The second-order valence-electron chi connectivity index (χ2n) is 7.92. The minimum Gasteiger partial charge on any atom is -0.486 e. The summed E-state index contributed by atoms with van der Waals surface area (Å²) in [6.07, 6.45) is 0. The number of nitrogens with zero attached hydrogens (tertiary/aromatic N) is 2. The van der Waals surface area contributed by atoms with Gasteiger partial charge in [0.2, 0.25) is 5.91 Å². The molecule has 2 aromatic carbocycles. The van der Waals surface area contributed by atoms with Crippen molar-refractivity contribution in [2.45, 2.75) is 18.9 Å². The van der Waals surface area contributed by atoms with Gasteiger partial charge >= 0.3 is 0 Å². The van der Waals surface area contributed by atoms with Crippen molar-refractivity contribution in [1.82, 2.24) is 15.1 Å². The summed E-state index contributed by atoms with van der Waals surface area (Å²) >= 11 is 12.5. The lowest BCUT2D eigenvalue weighted by Gasteiger charge is -2.33. The molecule has 0 unspecified atom stereocenters. The minimum absolute atomic E-state index is 0.358. The van der Waals surface area contributed by atoms with Crippen molar-refractivity contribution in [3.05, 3.63) is 68.8 Å². The van der Waals surface area contributed by atoms with Gasteiger partial charge in [-0.15, -0.1) is 0 Å². The number of benzene rings is 2. The quantitative estimate of drug-likeness (QED) is 0.588. The summed E-state index contributed by atoms with van der Waals surface area (Å²) in [5.74, 6) is 0.240. The monoisotopic (exact) mass is 486 g/mol. The van der Waals surface area contributed by atoms with Crippen molar-refractivity contribution < 1.29 is 19.1 Å². The normalized spacial score (nSPS) is 19.0. The maximum Gasteiger partial charge on any atom is 0.251 e. The van der Waals surface area contributed by atoms with Crippen LogP contribution in [0, 0.1) is 6.92 Å². The van der Waals surface area contributed by atoms with Crippen LogP contribution in [0.4, 0.5) is 5.82 Å². The van der Waals surface area contributed by atoms with Gasteiger partial charge in [-0.3, -0.25) is 14.3 Å². The van der Waals surface area contributed by atoms with Gasteiger partial charge in [-0.2, -0.15) is 5.10 Å². The molecule has 170 valence electrons. The van der Waals surface area contributed by atoms with E-state index >= 15 is 0 Å². The first kappa shape index (κ1) is 21.6. The Bertz CT molecular complexity index is 1270. The molecule has 0 saturated heterocycles. The van der Waals surface area contributed by atoms with Gasteiger partial charge in [0, 0.05) is 29.1 Å². The van der Waals surface area contributed by atoms with E-state index in [1.807, 2.05) is 6.92 Å². The highest BCUT2D eigenvalue weighted by Crippen LogP contribution is 2.45. The molecule has 10 heteroatoms. The number of hydrogen-bond acceptors (Lipinski definition) is 5. The van der Waals surface area contributed by atoms with E-state index in [0.29, 0.717) is 51.7 Å². The topological polar surface area (TPSA) is 94.5 Å². The summed E-state index contributed by atoms with van der Waals surface area (Å²) in [4.78, 5) is 26.2. The summed E-state index contributed by atoms with van der Waals surface area (Å²) < 4.78 is 13.0. The van der Waals surface area contributed by atoms with Crippen molar-refractivity contribution in [2.75, 3.05) is 18.5 Å². The lowest BCUT2D eigenvalue weighted by atomic mass is 9.81. The zero-order chi connectivity index (χ0) is 23.3. The fraction of sp³-hybridized carbons (Fsp3) is 0.261. The largest absolute Gasteiger partial charge is 0.486 e. The lowest BCUT2D eigenvalue weighted by Crippen LogP contribution is -2.50. The lowest BCUT2D eigenvalue weighted by molar-refractivity contribution is -0.118. The molecule has 8 nitrogen and oxygen atoms in total. The first-order valence-corrected chi connectivity index (χ1v) is 11.1. The van der Waals surface area contributed by atoms with Crippen molar-refractivity contribution in [1.29, 1.82) is 0 Å². The van der Waals surface area contributed by atoms with Crippen LogP contribution in [0.2, 0.25) is 10.0 Å². The zero-order valence-corrected chi connectivity index (χ0v) is 19.3. The number of aryl methyl sites for hydroxylation is 2. The maximum absolute atomic E-state index is 13.2. The Hall–Kier alpha value is -3.23. The molecule has 2 N–H and O–H groups in total. The van der Waals surface area contributed by atoms with Crippen LogP contribution in [0.5, 0.6) is 11.5 Å². The van der Waals surface area contributed by atoms with Crippen LogP contribution in [-0.4, -0.2) is 40.9 Å². The molecule has 0 spiro atoms. The number of hydrogen-bond donors (Lipinski definition) is 2.